The van der Waals surface area contributed by atoms with Crippen LogP contribution < -0.4 is 5.32 Å². The van der Waals surface area contributed by atoms with E-state index in [4.69, 9.17) is 0 Å². The molecule has 0 aliphatic rings. The van der Waals surface area contributed by atoms with E-state index in [1.54, 1.807) is 20.1 Å². The molecule has 0 radical (unpaired) electrons. The molecule has 0 bridgehead atoms. The monoisotopic (exact) mass is 206 g/mol. The maximum absolute atomic E-state index is 11.0. The fraction of sp³-hybridized carbons (Fsp3) is 0.714. The van der Waals surface area contributed by atoms with Gasteiger partial charge in [-0.3, -0.25) is 9.05 Å². The van der Waals surface area contributed by atoms with Gasteiger partial charge < -0.3 is 5.32 Å². The highest BCUT2D eigenvalue weighted by Crippen LogP contribution is 1.97. The number of carbonyl (C=O) groups excluding carboxylic acids is 1. The first kappa shape index (κ1) is 12.1. The summed E-state index contributed by atoms with van der Waals surface area (Å²) in [5.74, 6) is 0. The molecular formula is C7H14N2O3S. The second kappa shape index (κ2) is 5.69. The van der Waals surface area contributed by atoms with Crippen molar-refractivity contribution in [3.8, 4) is 0 Å². The molecule has 76 valence electrons. The molecule has 0 aliphatic carbocycles. The number of nitrogens with zero attached hydrogens (tertiary/aromatic N) is 1. The molecule has 1 N–H and O–H groups in total. The normalized spacial score (nSPS) is 16.2. The lowest BCUT2D eigenvalue weighted by atomic mass is 10.3. The highest BCUT2D eigenvalue weighted by Gasteiger charge is 2.10. The van der Waals surface area contributed by atoms with Gasteiger partial charge >= 0.3 is 6.09 Å². The van der Waals surface area contributed by atoms with Crippen molar-refractivity contribution in [2.24, 2.45) is 5.16 Å². The van der Waals surface area contributed by atoms with Crippen LogP contribution in [0.25, 0.3) is 0 Å². The second-order valence-corrected chi connectivity index (χ2v) is 4.21. The molecule has 0 rings (SSSR count). The SMILES string of the molecule is CNC(=O)O/N=C(/C)[C@@H](C)[S@](C)=O. The molecular weight excluding hydrogens is 192 g/mol. The van der Waals surface area contributed by atoms with Gasteiger partial charge in [0, 0.05) is 24.1 Å². The minimum absolute atomic E-state index is 0.204. The molecule has 0 aliphatic heterocycles. The van der Waals surface area contributed by atoms with Crippen LogP contribution in [0.1, 0.15) is 13.8 Å². The first-order valence-corrected chi connectivity index (χ1v) is 5.36. The predicted molar refractivity (Wildman–Crippen MR) is 52.2 cm³/mol. The van der Waals surface area contributed by atoms with Crippen LogP contribution in [0.15, 0.2) is 5.16 Å². The van der Waals surface area contributed by atoms with Gasteiger partial charge in [0.2, 0.25) is 0 Å². The van der Waals surface area contributed by atoms with Crippen molar-refractivity contribution in [2.75, 3.05) is 13.3 Å². The maximum Gasteiger partial charge on any atom is 0.433 e. The van der Waals surface area contributed by atoms with Crippen LogP contribution in [-0.4, -0.2) is 34.6 Å². The van der Waals surface area contributed by atoms with Crippen molar-refractivity contribution in [1.82, 2.24) is 5.32 Å². The smallest absolute Gasteiger partial charge is 0.323 e. The Labute approximate surface area is 80.0 Å². The Kier molecular flexibility index (Phi) is 5.29. The largest absolute Gasteiger partial charge is 0.433 e. The summed E-state index contributed by atoms with van der Waals surface area (Å²) in [6.45, 7) is 3.41. The van der Waals surface area contributed by atoms with E-state index >= 15 is 0 Å². The van der Waals surface area contributed by atoms with Crippen LogP contribution in [-0.2, 0) is 15.6 Å². The van der Waals surface area contributed by atoms with Crippen molar-refractivity contribution in [1.29, 1.82) is 0 Å². The van der Waals surface area contributed by atoms with Gasteiger partial charge in [-0.05, 0) is 13.8 Å². The second-order valence-electron chi connectivity index (χ2n) is 2.50. The average molecular weight is 206 g/mol. The molecule has 13 heavy (non-hydrogen) atoms. The Bertz CT molecular complexity index is 240. The molecule has 0 aromatic carbocycles. The molecule has 2 atom stereocenters. The van der Waals surface area contributed by atoms with Crippen molar-refractivity contribution in [3.05, 3.63) is 0 Å². The third-order valence-electron chi connectivity index (χ3n) is 1.56. The van der Waals surface area contributed by atoms with Gasteiger partial charge in [0.05, 0.1) is 11.0 Å². The summed E-state index contributed by atoms with van der Waals surface area (Å²) in [5, 5.41) is 5.57. The van der Waals surface area contributed by atoms with Crippen LogP contribution >= 0.6 is 0 Å². The Balaban J connectivity index is 4.16. The van der Waals surface area contributed by atoms with Gasteiger partial charge in [-0.2, -0.15) is 0 Å². The molecule has 0 aromatic rings. The van der Waals surface area contributed by atoms with Gasteiger partial charge in [-0.15, -0.1) is 0 Å². The lowest BCUT2D eigenvalue weighted by Crippen LogP contribution is -2.22. The number of carbonyl (C=O) groups is 1. The zero-order chi connectivity index (χ0) is 10.4. The van der Waals surface area contributed by atoms with Gasteiger partial charge in [0.15, 0.2) is 0 Å². The lowest BCUT2D eigenvalue weighted by Gasteiger charge is -2.05. The van der Waals surface area contributed by atoms with Gasteiger partial charge in [-0.25, -0.2) is 4.79 Å². The van der Waals surface area contributed by atoms with Crippen LogP contribution in [0.4, 0.5) is 4.79 Å². The summed E-state index contributed by atoms with van der Waals surface area (Å²) >= 11 is 0. The molecule has 1 amide bonds. The van der Waals surface area contributed by atoms with Crippen molar-refractivity contribution >= 4 is 22.6 Å². The first-order valence-electron chi connectivity index (χ1n) is 3.74. The average Bonchev–Trinajstić information content (AvgIpc) is 2.11. The fourth-order valence-electron chi connectivity index (χ4n) is 0.474. The lowest BCUT2D eigenvalue weighted by molar-refractivity contribution is 0.153. The zero-order valence-electron chi connectivity index (χ0n) is 8.16. The summed E-state index contributed by atoms with van der Waals surface area (Å²) in [5.41, 5.74) is 0.532. The summed E-state index contributed by atoms with van der Waals surface area (Å²) in [7, 11) is 0.440. The Hall–Kier alpha value is -0.910. The number of oxime groups is 1. The highest BCUT2D eigenvalue weighted by atomic mass is 32.2. The maximum atomic E-state index is 11.0. The topological polar surface area (TPSA) is 67.8 Å². The van der Waals surface area contributed by atoms with Gasteiger partial charge in [-0.1, -0.05) is 5.16 Å². The summed E-state index contributed by atoms with van der Waals surface area (Å²) in [6, 6.07) is 0. The van der Waals surface area contributed by atoms with E-state index < -0.39 is 16.9 Å². The fourth-order valence-corrected chi connectivity index (χ4v) is 0.997. The molecule has 0 saturated heterocycles. The minimum Gasteiger partial charge on any atom is -0.323 e. The summed E-state index contributed by atoms with van der Waals surface area (Å²) in [6.07, 6.45) is 0.942. The molecule has 0 unspecified atom stereocenters. The van der Waals surface area contributed by atoms with Crippen molar-refractivity contribution in [2.45, 2.75) is 19.1 Å². The van der Waals surface area contributed by atoms with Crippen LogP contribution in [0.5, 0.6) is 0 Å². The molecule has 0 aromatic heterocycles. The molecule has 5 nitrogen and oxygen atoms in total. The van der Waals surface area contributed by atoms with Crippen molar-refractivity contribution < 1.29 is 13.8 Å². The van der Waals surface area contributed by atoms with E-state index in [1.165, 1.54) is 7.05 Å². The van der Waals surface area contributed by atoms with Gasteiger partial charge in [0.1, 0.15) is 0 Å². The summed E-state index contributed by atoms with van der Waals surface area (Å²) in [4.78, 5) is 15.0. The van der Waals surface area contributed by atoms with E-state index in [0.717, 1.165) is 0 Å². The number of nitrogens with one attached hydrogen (secondary N) is 1. The third kappa shape index (κ3) is 4.62. The van der Waals surface area contributed by atoms with Crippen LogP contribution in [0.2, 0.25) is 0 Å². The van der Waals surface area contributed by atoms with E-state index in [2.05, 4.69) is 15.3 Å². The highest BCUT2D eigenvalue weighted by molar-refractivity contribution is 7.85. The molecule has 0 saturated carbocycles. The quantitative estimate of drug-likeness (QED) is 0.415. The first-order chi connectivity index (χ1) is 5.99. The third-order valence-corrected chi connectivity index (χ3v) is 2.90. The van der Waals surface area contributed by atoms with Crippen LogP contribution in [0, 0.1) is 0 Å². The van der Waals surface area contributed by atoms with Crippen molar-refractivity contribution in [3.63, 3.8) is 0 Å². The number of hydrogen-bond donors (Lipinski definition) is 1. The molecule has 0 heterocycles. The summed E-state index contributed by atoms with van der Waals surface area (Å²) < 4.78 is 11.0. The van der Waals surface area contributed by atoms with E-state index in [0.29, 0.717) is 5.71 Å². The minimum atomic E-state index is -1.000. The number of rotatable bonds is 3. The number of hydrogen-bond acceptors (Lipinski definition) is 4. The van der Waals surface area contributed by atoms with E-state index in [-0.39, 0.29) is 5.25 Å². The Morgan fingerprint density at radius 3 is 2.54 bits per heavy atom. The standard InChI is InChI=1S/C7H14N2O3S/c1-5(6(2)13(4)11)9-12-7(10)8-3/h6H,1-4H3,(H,8,10)/b9-5-/t6-,13+/m1/s1. The van der Waals surface area contributed by atoms with Gasteiger partial charge in [0.25, 0.3) is 0 Å². The predicted octanol–water partition coefficient (Wildman–Crippen LogP) is 0.485. The van der Waals surface area contributed by atoms with Crippen LogP contribution in [0.3, 0.4) is 0 Å². The molecule has 0 spiro atoms. The Morgan fingerprint density at radius 2 is 2.15 bits per heavy atom. The van der Waals surface area contributed by atoms with E-state index in [9.17, 15) is 9.00 Å². The molecule has 6 heteroatoms. The number of amides is 1. The molecule has 0 fully saturated rings. The Morgan fingerprint density at radius 1 is 1.62 bits per heavy atom. The zero-order valence-corrected chi connectivity index (χ0v) is 8.97. The van der Waals surface area contributed by atoms with E-state index in [1.807, 2.05) is 0 Å².